The van der Waals surface area contributed by atoms with Crippen molar-refractivity contribution in [1.82, 2.24) is 15.1 Å². The predicted molar refractivity (Wildman–Crippen MR) is 147 cm³/mol. The Bertz CT molecular complexity index is 1220. The third-order valence-electron chi connectivity index (χ3n) is 7.03. The smallest absolute Gasteiger partial charge is 0.244 e. The van der Waals surface area contributed by atoms with Gasteiger partial charge < -0.3 is 29.3 Å². The lowest BCUT2D eigenvalue weighted by Gasteiger charge is -2.35. The van der Waals surface area contributed by atoms with E-state index >= 15 is 0 Å². The largest absolute Gasteiger partial charge is 0.496 e. The number of nitriles is 1. The predicted octanol–water partition coefficient (Wildman–Crippen LogP) is 3.00. The number of halogens is 1. The number of morpholine rings is 1. The van der Waals surface area contributed by atoms with Crippen molar-refractivity contribution in [2.45, 2.75) is 31.4 Å². The normalized spacial score (nSPS) is 17.3. The number of ether oxygens (including phenoxy) is 3. The van der Waals surface area contributed by atoms with Crippen molar-refractivity contribution in [2.75, 3.05) is 53.0 Å². The molecular formula is C30H35FN4O5. The maximum atomic E-state index is 13.2. The molecule has 2 aromatic carbocycles. The molecular weight excluding hydrogens is 515 g/mol. The van der Waals surface area contributed by atoms with Gasteiger partial charge in [0, 0.05) is 50.8 Å². The van der Waals surface area contributed by atoms with Crippen molar-refractivity contribution in [1.29, 1.82) is 5.26 Å². The van der Waals surface area contributed by atoms with Crippen LogP contribution in [-0.4, -0.2) is 86.8 Å². The molecule has 0 bridgehead atoms. The first-order valence-corrected chi connectivity index (χ1v) is 13.5. The number of rotatable bonds is 10. The van der Waals surface area contributed by atoms with E-state index in [2.05, 4.69) is 16.3 Å². The monoisotopic (exact) mass is 550 g/mol. The molecule has 2 fully saturated rings. The number of nitrogens with zero attached hydrogens (tertiary/aromatic N) is 3. The van der Waals surface area contributed by atoms with Gasteiger partial charge in [0.05, 0.1) is 38.0 Å². The maximum absolute atomic E-state index is 13.2. The zero-order valence-electron chi connectivity index (χ0n) is 22.7. The molecule has 40 heavy (non-hydrogen) atoms. The van der Waals surface area contributed by atoms with Gasteiger partial charge in [0.25, 0.3) is 0 Å². The second-order valence-corrected chi connectivity index (χ2v) is 9.88. The summed E-state index contributed by atoms with van der Waals surface area (Å²) in [7, 11) is 1.53. The molecule has 0 aromatic heterocycles. The minimum absolute atomic E-state index is 0.0181. The highest BCUT2D eigenvalue weighted by Gasteiger charge is 2.27. The molecule has 212 valence electrons. The fourth-order valence-electron chi connectivity index (χ4n) is 4.89. The summed E-state index contributed by atoms with van der Waals surface area (Å²) in [6.07, 6.45) is 4.77. The molecule has 0 spiro atoms. The summed E-state index contributed by atoms with van der Waals surface area (Å²) in [6.45, 7) is 4.12. The van der Waals surface area contributed by atoms with Crippen molar-refractivity contribution in [3.63, 3.8) is 0 Å². The van der Waals surface area contributed by atoms with Crippen LogP contribution < -0.4 is 14.8 Å². The van der Waals surface area contributed by atoms with Crippen LogP contribution in [0.2, 0.25) is 0 Å². The summed E-state index contributed by atoms with van der Waals surface area (Å²) < 4.78 is 29.9. The summed E-state index contributed by atoms with van der Waals surface area (Å²) in [5.41, 5.74) is 1.07. The van der Waals surface area contributed by atoms with Crippen LogP contribution in [0.3, 0.4) is 0 Å². The van der Waals surface area contributed by atoms with Crippen molar-refractivity contribution in [2.24, 2.45) is 0 Å². The van der Waals surface area contributed by atoms with Crippen molar-refractivity contribution >= 4 is 17.9 Å². The number of benzene rings is 2. The van der Waals surface area contributed by atoms with Gasteiger partial charge in [-0.2, -0.15) is 5.26 Å². The molecule has 10 heteroatoms. The minimum atomic E-state index is -0.394. The first kappa shape index (κ1) is 29.1. The number of piperidine rings is 1. The average Bonchev–Trinajstić information content (AvgIpc) is 2.98. The Hall–Kier alpha value is -3.94. The molecule has 2 amide bonds. The molecule has 2 aliphatic rings. The number of amides is 2. The molecule has 0 radical (unpaired) electrons. The summed E-state index contributed by atoms with van der Waals surface area (Å²) >= 11 is 0. The highest BCUT2D eigenvalue weighted by molar-refractivity contribution is 5.92. The second-order valence-electron chi connectivity index (χ2n) is 9.88. The third-order valence-corrected chi connectivity index (χ3v) is 7.03. The Morgan fingerprint density at radius 2 is 1.88 bits per heavy atom. The Balaban J connectivity index is 1.37. The molecule has 0 aliphatic carbocycles. The van der Waals surface area contributed by atoms with Gasteiger partial charge in [-0.05, 0) is 61.4 Å². The highest BCUT2D eigenvalue weighted by atomic mass is 19.1. The second kappa shape index (κ2) is 14.4. The van der Waals surface area contributed by atoms with Crippen LogP contribution in [0.1, 0.15) is 30.4 Å². The number of hydrogen-bond acceptors (Lipinski definition) is 7. The first-order valence-electron chi connectivity index (χ1n) is 13.5. The number of carbonyl (C=O) groups excluding carboxylic acids is 2. The summed E-state index contributed by atoms with van der Waals surface area (Å²) in [5.74, 6) is 0.540. The number of methoxy groups -OCH3 is 1. The summed E-state index contributed by atoms with van der Waals surface area (Å²) in [4.78, 5) is 30.0. The Morgan fingerprint density at radius 1 is 1.15 bits per heavy atom. The number of nitrogens with one attached hydrogen (secondary N) is 1. The van der Waals surface area contributed by atoms with Gasteiger partial charge in [0.1, 0.15) is 23.4 Å². The zero-order valence-corrected chi connectivity index (χ0v) is 22.7. The fraction of sp³-hybridized carbons (Fsp3) is 0.433. The van der Waals surface area contributed by atoms with E-state index in [9.17, 15) is 19.2 Å². The van der Waals surface area contributed by atoms with Gasteiger partial charge in [-0.1, -0.05) is 0 Å². The Kier molecular flexibility index (Phi) is 10.5. The number of carbonyl (C=O) groups is 2. The molecule has 2 aromatic rings. The van der Waals surface area contributed by atoms with E-state index in [-0.39, 0.29) is 30.2 Å². The summed E-state index contributed by atoms with van der Waals surface area (Å²) in [5, 5.41) is 12.2. The van der Waals surface area contributed by atoms with Gasteiger partial charge in [0.15, 0.2) is 0 Å². The average molecular weight is 551 g/mol. The van der Waals surface area contributed by atoms with E-state index in [0.29, 0.717) is 55.5 Å². The lowest BCUT2D eigenvalue weighted by Crippen LogP contribution is -2.50. The van der Waals surface area contributed by atoms with Crippen LogP contribution in [-0.2, 0) is 14.3 Å². The van der Waals surface area contributed by atoms with Crippen molar-refractivity contribution in [3.05, 3.63) is 65.5 Å². The number of likely N-dealkylation sites (tertiary alicyclic amines) is 1. The molecule has 4 rings (SSSR count). The minimum Gasteiger partial charge on any atom is -0.496 e. The Labute approximate surface area is 234 Å². The lowest BCUT2D eigenvalue weighted by atomic mass is 10.1. The van der Waals surface area contributed by atoms with E-state index in [1.807, 2.05) is 0 Å². The molecule has 1 atom stereocenters. The third kappa shape index (κ3) is 8.53. The van der Waals surface area contributed by atoms with Crippen molar-refractivity contribution in [3.8, 4) is 17.6 Å². The topological polar surface area (TPSA) is 104 Å². The van der Waals surface area contributed by atoms with E-state index in [1.54, 1.807) is 41.3 Å². The molecule has 0 unspecified atom stereocenters. The molecule has 1 N–H and O–H groups in total. The first-order chi connectivity index (χ1) is 19.4. The Morgan fingerprint density at radius 3 is 2.55 bits per heavy atom. The molecule has 2 saturated heterocycles. The SMILES string of the molecule is COc1ccc(C#N)cc1/C=C/C(=O)N[C@H](CC(=O)N1CCOCC1)CN1CCC(Oc2ccc(F)cc2)CC1. The van der Waals surface area contributed by atoms with Gasteiger partial charge in [-0.3, -0.25) is 9.59 Å². The van der Waals surface area contributed by atoms with E-state index < -0.39 is 6.04 Å². The van der Waals surface area contributed by atoms with Gasteiger partial charge in [-0.25, -0.2) is 4.39 Å². The lowest BCUT2D eigenvalue weighted by molar-refractivity contribution is -0.136. The van der Waals surface area contributed by atoms with E-state index in [1.165, 1.54) is 25.3 Å². The fourth-order valence-corrected chi connectivity index (χ4v) is 4.89. The molecule has 9 nitrogen and oxygen atoms in total. The van der Waals surface area contributed by atoms with Crippen LogP contribution in [0.15, 0.2) is 48.5 Å². The van der Waals surface area contributed by atoms with Gasteiger partial charge in [0.2, 0.25) is 11.8 Å². The van der Waals surface area contributed by atoms with E-state index in [0.717, 1.165) is 25.9 Å². The van der Waals surface area contributed by atoms with Crippen molar-refractivity contribution < 1.29 is 28.2 Å². The number of hydrogen-bond donors (Lipinski definition) is 1. The quantitative estimate of drug-likeness (QED) is 0.454. The van der Waals surface area contributed by atoms with E-state index in [4.69, 9.17) is 14.2 Å². The maximum Gasteiger partial charge on any atom is 0.244 e. The van der Waals surface area contributed by atoms with Crippen LogP contribution >= 0.6 is 0 Å². The zero-order chi connectivity index (χ0) is 28.3. The molecule has 2 aliphatic heterocycles. The summed E-state index contributed by atoms with van der Waals surface area (Å²) in [6, 6.07) is 12.7. The molecule has 2 heterocycles. The van der Waals surface area contributed by atoms with Crippen LogP contribution in [0.5, 0.6) is 11.5 Å². The van der Waals surface area contributed by atoms with Crippen LogP contribution in [0.4, 0.5) is 4.39 Å². The molecule has 0 saturated carbocycles. The van der Waals surface area contributed by atoms with Gasteiger partial charge >= 0.3 is 0 Å². The highest BCUT2D eigenvalue weighted by Crippen LogP contribution is 2.22. The van der Waals surface area contributed by atoms with Gasteiger partial charge in [-0.15, -0.1) is 0 Å². The standard InChI is InChI=1S/C30H35FN4O5/c1-38-28-8-2-22(20-32)18-23(28)3-9-29(36)33-25(19-30(37)35-14-16-39-17-15-35)21-34-12-10-27(11-13-34)40-26-6-4-24(31)5-7-26/h2-9,18,25,27H,10-17,19,21H2,1H3,(H,33,36)/b9-3+/t25-/m1/s1. The van der Waals surface area contributed by atoms with Crippen LogP contribution in [0.25, 0.3) is 6.08 Å². The van der Waals surface area contributed by atoms with Crippen LogP contribution in [0, 0.1) is 17.1 Å².